The van der Waals surface area contributed by atoms with E-state index in [0.29, 0.717) is 34.4 Å². The van der Waals surface area contributed by atoms with Crippen LogP contribution in [0.3, 0.4) is 0 Å². The van der Waals surface area contributed by atoms with E-state index >= 15 is 0 Å². The van der Waals surface area contributed by atoms with Crippen molar-refractivity contribution < 1.29 is 14.3 Å². The number of methoxy groups -OCH3 is 1. The zero-order valence-electron chi connectivity index (χ0n) is 22.7. The average Bonchev–Trinajstić information content (AvgIpc) is 3.47. The highest BCUT2D eigenvalue weighted by Crippen LogP contribution is 2.29. The molecule has 2 aromatic heterocycles. The van der Waals surface area contributed by atoms with Crippen LogP contribution in [-0.4, -0.2) is 51.9 Å². The third-order valence-corrected chi connectivity index (χ3v) is 6.70. The summed E-state index contributed by atoms with van der Waals surface area (Å²) in [5.74, 6) is 0.802. The summed E-state index contributed by atoms with van der Waals surface area (Å²) in [6, 6.07) is 20.0. The summed E-state index contributed by atoms with van der Waals surface area (Å²) < 4.78 is 6.51. The number of benzene rings is 3. The van der Waals surface area contributed by atoms with Crippen molar-refractivity contribution in [1.82, 2.24) is 19.4 Å². The molecule has 0 radical (unpaired) electrons. The van der Waals surface area contributed by atoms with Gasteiger partial charge >= 0.3 is 5.97 Å². The Hall–Kier alpha value is -5.25. The monoisotopic (exact) mass is 535 g/mol. The molecule has 0 spiro atoms. The van der Waals surface area contributed by atoms with Crippen LogP contribution >= 0.6 is 0 Å². The normalized spacial score (nSPS) is 10.8. The molecule has 5 rings (SSSR count). The lowest BCUT2D eigenvalue weighted by atomic mass is 10.1. The number of carbonyl (C=O) groups excluding carboxylic acids is 2. The largest absolute Gasteiger partial charge is 0.465 e. The van der Waals surface area contributed by atoms with Crippen molar-refractivity contribution >= 4 is 40.7 Å². The Kier molecular flexibility index (Phi) is 7.41. The predicted molar refractivity (Wildman–Crippen MR) is 155 cm³/mol. The number of nitrogens with zero attached hydrogens (tertiary/aromatic N) is 5. The first kappa shape index (κ1) is 26.4. The van der Waals surface area contributed by atoms with Crippen LogP contribution in [-0.2, 0) is 4.74 Å². The summed E-state index contributed by atoms with van der Waals surface area (Å²) in [5, 5.41) is 6.30. The number of anilines is 4. The third kappa shape index (κ3) is 5.32. The molecule has 2 heterocycles. The maximum atomic E-state index is 13.0. The van der Waals surface area contributed by atoms with Crippen LogP contribution in [0.5, 0.6) is 0 Å². The van der Waals surface area contributed by atoms with Gasteiger partial charge in [0.1, 0.15) is 0 Å². The predicted octanol–water partition coefficient (Wildman–Crippen LogP) is 5.34. The molecular weight excluding hydrogens is 506 g/mol. The zero-order valence-corrected chi connectivity index (χ0v) is 22.7. The number of nitrogens with one attached hydrogen (secondary N) is 2. The molecule has 0 aliphatic heterocycles. The van der Waals surface area contributed by atoms with Gasteiger partial charge in [0.15, 0.2) is 5.82 Å². The zero-order chi connectivity index (χ0) is 28.2. The first-order valence-electron chi connectivity index (χ1n) is 12.8. The van der Waals surface area contributed by atoms with Crippen LogP contribution < -0.4 is 15.5 Å². The van der Waals surface area contributed by atoms with E-state index in [-0.39, 0.29) is 5.91 Å². The van der Waals surface area contributed by atoms with Crippen LogP contribution in [0.2, 0.25) is 0 Å². The number of hydrogen-bond donors (Lipinski definition) is 2. The van der Waals surface area contributed by atoms with Crippen LogP contribution in [0.4, 0.5) is 23.0 Å². The average molecular weight is 536 g/mol. The van der Waals surface area contributed by atoms with E-state index in [4.69, 9.17) is 9.72 Å². The Morgan fingerprint density at radius 3 is 2.40 bits per heavy atom. The van der Waals surface area contributed by atoms with Crippen molar-refractivity contribution in [3.05, 3.63) is 95.8 Å². The van der Waals surface area contributed by atoms with Gasteiger partial charge in [0.25, 0.3) is 5.91 Å². The number of fused-ring (bicyclic) bond motifs is 1. The van der Waals surface area contributed by atoms with Crippen molar-refractivity contribution in [2.24, 2.45) is 0 Å². The van der Waals surface area contributed by atoms with Gasteiger partial charge in [-0.05, 0) is 74.0 Å². The molecule has 3 aromatic carbocycles. The van der Waals surface area contributed by atoms with Gasteiger partial charge in [0.05, 0.1) is 12.7 Å². The summed E-state index contributed by atoms with van der Waals surface area (Å²) in [4.78, 5) is 40.7. The van der Waals surface area contributed by atoms with Crippen molar-refractivity contribution in [1.29, 1.82) is 0 Å². The number of ether oxygens (including phenoxy) is 1. The number of rotatable bonds is 8. The highest BCUT2D eigenvalue weighted by molar-refractivity contribution is 6.05. The van der Waals surface area contributed by atoms with E-state index in [9.17, 15) is 9.59 Å². The second-order valence-corrected chi connectivity index (χ2v) is 9.16. The molecule has 0 aliphatic carbocycles. The smallest absolute Gasteiger partial charge is 0.337 e. The Morgan fingerprint density at radius 2 is 1.70 bits per heavy atom. The van der Waals surface area contributed by atoms with E-state index in [0.717, 1.165) is 29.0 Å². The lowest BCUT2D eigenvalue weighted by Gasteiger charge is -2.17. The van der Waals surface area contributed by atoms with E-state index in [2.05, 4.69) is 32.4 Å². The summed E-state index contributed by atoms with van der Waals surface area (Å²) in [5.41, 5.74) is 5.03. The lowest BCUT2D eigenvalue weighted by molar-refractivity contribution is 0.0600. The molecule has 0 unspecified atom stereocenters. The molecule has 0 saturated carbocycles. The van der Waals surface area contributed by atoms with Crippen molar-refractivity contribution in [3.63, 3.8) is 0 Å². The number of imidazole rings is 1. The van der Waals surface area contributed by atoms with Gasteiger partial charge in [-0.1, -0.05) is 12.1 Å². The van der Waals surface area contributed by atoms with E-state index in [1.54, 1.807) is 41.1 Å². The molecule has 40 heavy (non-hydrogen) atoms. The Balaban J connectivity index is 1.43. The van der Waals surface area contributed by atoms with Crippen molar-refractivity contribution in [3.8, 4) is 11.4 Å². The summed E-state index contributed by atoms with van der Waals surface area (Å²) >= 11 is 0. The molecule has 0 fully saturated rings. The quantitative estimate of drug-likeness (QED) is 0.256. The van der Waals surface area contributed by atoms with E-state index < -0.39 is 5.97 Å². The molecule has 0 atom stereocenters. The maximum Gasteiger partial charge on any atom is 0.337 e. The molecule has 1 amide bonds. The van der Waals surface area contributed by atoms with Crippen LogP contribution in [0.25, 0.3) is 17.2 Å². The molecule has 202 valence electrons. The minimum absolute atomic E-state index is 0.201. The first-order chi connectivity index (χ1) is 19.4. The molecule has 2 N–H and O–H groups in total. The van der Waals surface area contributed by atoms with Gasteiger partial charge in [-0.25, -0.2) is 9.78 Å². The SMILES string of the molecule is CCN(C)c1ccc(C(=O)Nc2cccc(-c3nc(Nc4ccc(C(=O)OC)cc4)n4ccnc4n3)c2C)cc1. The number of amides is 1. The Labute approximate surface area is 231 Å². The van der Waals surface area contributed by atoms with Gasteiger partial charge in [0, 0.05) is 54.2 Å². The molecular formula is C30H29N7O3. The highest BCUT2D eigenvalue weighted by atomic mass is 16.5. The van der Waals surface area contributed by atoms with Crippen molar-refractivity contribution in [2.45, 2.75) is 13.8 Å². The van der Waals surface area contributed by atoms with Crippen LogP contribution in [0.15, 0.2) is 79.1 Å². The van der Waals surface area contributed by atoms with Gasteiger partial charge in [0.2, 0.25) is 11.7 Å². The molecule has 5 aromatic rings. The van der Waals surface area contributed by atoms with Gasteiger partial charge in [-0.15, -0.1) is 0 Å². The fourth-order valence-corrected chi connectivity index (χ4v) is 4.22. The van der Waals surface area contributed by atoms with E-state index in [1.165, 1.54) is 7.11 Å². The second kappa shape index (κ2) is 11.2. The summed E-state index contributed by atoms with van der Waals surface area (Å²) in [6.45, 7) is 4.87. The first-order valence-corrected chi connectivity index (χ1v) is 12.8. The van der Waals surface area contributed by atoms with Gasteiger partial charge < -0.3 is 20.3 Å². The standard InChI is InChI=1S/C30H29N7O3/c1-5-36(3)23-15-11-20(12-16-23)27(38)33-25-8-6-7-24(19(25)2)26-34-29-31-17-18-37(29)30(35-26)32-22-13-9-21(10-14-22)28(39)40-4/h6-18H,5H2,1-4H3,(H,33,38)(H,31,32,34,35). The maximum absolute atomic E-state index is 13.0. The third-order valence-electron chi connectivity index (χ3n) is 6.70. The Bertz CT molecular complexity index is 1680. The second-order valence-electron chi connectivity index (χ2n) is 9.16. The van der Waals surface area contributed by atoms with Crippen LogP contribution in [0.1, 0.15) is 33.2 Å². The lowest BCUT2D eigenvalue weighted by Crippen LogP contribution is -2.16. The highest BCUT2D eigenvalue weighted by Gasteiger charge is 2.16. The Morgan fingerprint density at radius 1 is 0.975 bits per heavy atom. The number of hydrogen-bond acceptors (Lipinski definition) is 8. The summed E-state index contributed by atoms with van der Waals surface area (Å²) in [6.07, 6.45) is 3.41. The number of aromatic nitrogens is 4. The fourth-order valence-electron chi connectivity index (χ4n) is 4.22. The molecule has 0 saturated heterocycles. The molecule has 0 bridgehead atoms. The van der Waals surface area contributed by atoms with Gasteiger partial charge in [-0.3, -0.25) is 9.20 Å². The number of esters is 1. The number of carbonyl (C=O) groups is 2. The van der Waals surface area contributed by atoms with E-state index in [1.807, 2.05) is 56.4 Å². The summed E-state index contributed by atoms with van der Waals surface area (Å²) in [7, 11) is 3.35. The fraction of sp³-hybridized carbons (Fsp3) is 0.167. The van der Waals surface area contributed by atoms with Gasteiger partial charge in [-0.2, -0.15) is 9.97 Å². The van der Waals surface area contributed by atoms with Crippen LogP contribution in [0, 0.1) is 6.92 Å². The minimum Gasteiger partial charge on any atom is -0.465 e. The topological polar surface area (TPSA) is 114 Å². The minimum atomic E-state index is -0.406. The molecule has 10 heteroatoms. The van der Waals surface area contributed by atoms with Crippen molar-refractivity contribution in [2.75, 3.05) is 36.2 Å². The molecule has 10 nitrogen and oxygen atoms in total. The molecule has 0 aliphatic rings.